The Balaban J connectivity index is 1.67. The van der Waals surface area contributed by atoms with Gasteiger partial charge in [-0.05, 0) is 44.1 Å². The maximum absolute atomic E-state index is 12.3. The summed E-state index contributed by atoms with van der Waals surface area (Å²) in [7, 11) is 0. The van der Waals surface area contributed by atoms with Gasteiger partial charge in [-0.1, -0.05) is 11.6 Å². The Morgan fingerprint density at radius 1 is 1.33 bits per heavy atom. The van der Waals surface area contributed by atoms with Crippen LogP contribution in [0.3, 0.4) is 0 Å². The molecule has 2 aliphatic rings. The standard InChI is InChI=1S/C15H19ClN2O3/c16-11-7-10(3-4-14(11)19)15(20)17-12-8-21-9-13(12)18-5-1-2-6-18/h3-4,7,12-13,19H,1-2,5-6,8-9H2,(H,17,20)/t12-,13-/m1/s1. The van der Waals surface area contributed by atoms with E-state index in [1.165, 1.54) is 25.0 Å². The van der Waals surface area contributed by atoms with Crippen LogP contribution >= 0.6 is 11.6 Å². The molecular weight excluding hydrogens is 292 g/mol. The third-order valence-corrected chi connectivity index (χ3v) is 4.49. The number of carbonyl (C=O) groups is 1. The minimum absolute atomic E-state index is 0.00294. The second kappa shape index (κ2) is 6.22. The Bertz CT molecular complexity index is 532. The van der Waals surface area contributed by atoms with Gasteiger partial charge in [0.05, 0.1) is 30.3 Å². The molecule has 0 aliphatic carbocycles. The van der Waals surface area contributed by atoms with Crippen LogP contribution in [-0.4, -0.2) is 54.3 Å². The average Bonchev–Trinajstić information content (AvgIpc) is 3.12. The van der Waals surface area contributed by atoms with Gasteiger partial charge < -0.3 is 15.2 Å². The first-order valence-corrected chi connectivity index (χ1v) is 7.64. The molecule has 2 N–H and O–H groups in total. The molecule has 6 heteroatoms. The van der Waals surface area contributed by atoms with Crippen LogP contribution < -0.4 is 5.32 Å². The highest BCUT2D eigenvalue weighted by atomic mass is 35.5. The number of amides is 1. The summed E-state index contributed by atoms with van der Waals surface area (Å²) in [5.41, 5.74) is 0.449. The molecule has 1 aromatic carbocycles. The van der Waals surface area contributed by atoms with Crippen LogP contribution in [0.1, 0.15) is 23.2 Å². The van der Waals surface area contributed by atoms with Crippen LogP contribution in [0.5, 0.6) is 5.75 Å². The van der Waals surface area contributed by atoms with Crippen molar-refractivity contribution in [3.8, 4) is 5.75 Å². The molecule has 0 unspecified atom stereocenters. The zero-order chi connectivity index (χ0) is 14.8. The van der Waals surface area contributed by atoms with E-state index in [9.17, 15) is 9.90 Å². The summed E-state index contributed by atoms with van der Waals surface area (Å²) in [5, 5.41) is 12.6. The SMILES string of the molecule is O=C(N[C@@H]1COC[C@H]1N1CCCC1)c1ccc(O)c(Cl)c1. The summed E-state index contributed by atoms with van der Waals surface area (Å²) in [6.07, 6.45) is 2.43. The summed E-state index contributed by atoms with van der Waals surface area (Å²) in [4.78, 5) is 14.7. The average molecular weight is 311 g/mol. The van der Waals surface area contributed by atoms with Crippen molar-refractivity contribution >= 4 is 17.5 Å². The molecule has 2 saturated heterocycles. The molecule has 2 aliphatic heterocycles. The zero-order valence-corrected chi connectivity index (χ0v) is 12.5. The van der Waals surface area contributed by atoms with E-state index in [1.807, 2.05) is 0 Å². The molecular formula is C15H19ClN2O3. The lowest BCUT2D eigenvalue weighted by molar-refractivity contribution is 0.0916. The molecule has 1 aromatic rings. The molecule has 0 saturated carbocycles. The second-order valence-electron chi connectivity index (χ2n) is 5.59. The fourth-order valence-electron chi connectivity index (χ4n) is 3.01. The number of nitrogens with zero attached hydrogens (tertiary/aromatic N) is 1. The Kier molecular flexibility index (Phi) is 4.33. The van der Waals surface area contributed by atoms with Crippen molar-refractivity contribution in [3.05, 3.63) is 28.8 Å². The van der Waals surface area contributed by atoms with Gasteiger partial charge in [0.2, 0.25) is 0 Å². The van der Waals surface area contributed by atoms with Gasteiger partial charge in [-0.25, -0.2) is 0 Å². The molecule has 0 aromatic heterocycles. The largest absolute Gasteiger partial charge is 0.506 e. The van der Waals surface area contributed by atoms with Crippen LogP contribution in [0.2, 0.25) is 5.02 Å². The molecule has 0 bridgehead atoms. The number of hydrogen-bond acceptors (Lipinski definition) is 4. The number of ether oxygens (including phenoxy) is 1. The number of likely N-dealkylation sites (tertiary alicyclic amines) is 1. The van der Waals surface area contributed by atoms with Crippen molar-refractivity contribution in [3.63, 3.8) is 0 Å². The Hall–Kier alpha value is -1.30. The lowest BCUT2D eigenvalue weighted by Crippen LogP contribution is -2.50. The smallest absolute Gasteiger partial charge is 0.251 e. The van der Waals surface area contributed by atoms with Crippen molar-refractivity contribution in [2.24, 2.45) is 0 Å². The van der Waals surface area contributed by atoms with E-state index in [1.54, 1.807) is 6.07 Å². The molecule has 5 nitrogen and oxygen atoms in total. The Morgan fingerprint density at radius 2 is 2.10 bits per heavy atom. The van der Waals surface area contributed by atoms with Crippen molar-refractivity contribution in [2.45, 2.75) is 24.9 Å². The molecule has 0 spiro atoms. The van der Waals surface area contributed by atoms with Gasteiger partial charge in [0.25, 0.3) is 5.91 Å². The van der Waals surface area contributed by atoms with E-state index in [0.717, 1.165) is 13.1 Å². The maximum atomic E-state index is 12.3. The predicted octanol–water partition coefficient (Wildman–Crippen LogP) is 1.64. The number of benzene rings is 1. The van der Waals surface area contributed by atoms with E-state index in [2.05, 4.69) is 10.2 Å². The van der Waals surface area contributed by atoms with Crippen molar-refractivity contribution in [1.82, 2.24) is 10.2 Å². The highest BCUT2D eigenvalue weighted by molar-refractivity contribution is 6.32. The van der Waals surface area contributed by atoms with E-state index in [-0.39, 0.29) is 28.8 Å². The van der Waals surface area contributed by atoms with E-state index >= 15 is 0 Å². The number of carbonyl (C=O) groups excluding carboxylic acids is 1. The van der Waals surface area contributed by atoms with Crippen molar-refractivity contribution < 1.29 is 14.6 Å². The first-order chi connectivity index (χ1) is 10.1. The Morgan fingerprint density at radius 3 is 2.81 bits per heavy atom. The van der Waals surface area contributed by atoms with Crippen LogP contribution in [0.25, 0.3) is 0 Å². The summed E-state index contributed by atoms with van der Waals surface area (Å²) < 4.78 is 5.54. The number of hydrogen-bond donors (Lipinski definition) is 2. The molecule has 21 heavy (non-hydrogen) atoms. The third kappa shape index (κ3) is 3.15. The molecule has 2 fully saturated rings. The van der Waals surface area contributed by atoms with Crippen molar-refractivity contribution in [1.29, 1.82) is 0 Å². The predicted molar refractivity (Wildman–Crippen MR) is 79.8 cm³/mol. The summed E-state index contributed by atoms with van der Waals surface area (Å²) >= 11 is 5.84. The molecule has 0 radical (unpaired) electrons. The van der Waals surface area contributed by atoms with Crippen LogP contribution in [0.4, 0.5) is 0 Å². The summed E-state index contributed by atoms with van der Waals surface area (Å²) in [6.45, 7) is 3.36. The number of halogens is 1. The fraction of sp³-hybridized carbons (Fsp3) is 0.533. The Labute approximate surface area is 128 Å². The van der Waals surface area contributed by atoms with E-state index in [0.29, 0.717) is 18.8 Å². The third-order valence-electron chi connectivity index (χ3n) is 4.19. The zero-order valence-electron chi connectivity index (χ0n) is 11.7. The first kappa shape index (κ1) is 14.6. The van der Waals surface area contributed by atoms with Gasteiger partial charge in [0.15, 0.2) is 0 Å². The lowest BCUT2D eigenvalue weighted by Gasteiger charge is -2.27. The number of phenolic OH excluding ortho intramolecular Hbond substituents is 1. The minimum Gasteiger partial charge on any atom is -0.506 e. The number of phenols is 1. The molecule has 114 valence electrons. The van der Waals surface area contributed by atoms with E-state index in [4.69, 9.17) is 16.3 Å². The number of aromatic hydroxyl groups is 1. The monoisotopic (exact) mass is 310 g/mol. The number of nitrogens with one attached hydrogen (secondary N) is 1. The summed E-state index contributed by atoms with van der Waals surface area (Å²) in [6, 6.07) is 4.73. The molecule has 2 atom stereocenters. The quantitative estimate of drug-likeness (QED) is 0.891. The van der Waals surface area contributed by atoms with Gasteiger partial charge in [-0.2, -0.15) is 0 Å². The normalized spacial score (nSPS) is 26.1. The van der Waals surface area contributed by atoms with Crippen LogP contribution in [-0.2, 0) is 4.74 Å². The van der Waals surface area contributed by atoms with Gasteiger partial charge in [-0.15, -0.1) is 0 Å². The second-order valence-corrected chi connectivity index (χ2v) is 6.00. The fourth-order valence-corrected chi connectivity index (χ4v) is 3.19. The lowest BCUT2D eigenvalue weighted by atomic mass is 10.1. The molecule has 2 heterocycles. The van der Waals surface area contributed by atoms with Gasteiger partial charge in [0, 0.05) is 5.56 Å². The van der Waals surface area contributed by atoms with Crippen LogP contribution in [0.15, 0.2) is 18.2 Å². The van der Waals surface area contributed by atoms with Crippen LogP contribution in [0, 0.1) is 0 Å². The van der Waals surface area contributed by atoms with E-state index < -0.39 is 0 Å². The molecule has 3 rings (SSSR count). The first-order valence-electron chi connectivity index (χ1n) is 7.26. The highest BCUT2D eigenvalue weighted by Crippen LogP contribution is 2.24. The maximum Gasteiger partial charge on any atom is 0.251 e. The van der Waals surface area contributed by atoms with Gasteiger partial charge in [-0.3, -0.25) is 9.69 Å². The number of rotatable bonds is 3. The summed E-state index contributed by atoms with van der Waals surface area (Å²) in [5.74, 6) is -0.205. The molecule has 1 amide bonds. The minimum atomic E-state index is -0.184. The van der Waals surface area contributed by atoms with Crippen molar-refractivity contribution in [2.75, 3.05) is 26.3 Å². The van der Waals surface area contributed by atoms with Gasteiger partial charge in [0.1, 0.15) is 5.75 Å². The highest BCUT2D eigenvalue weighted by Gasteiger charge is 2.35. The topological polar surface area (TPSA) is 61.8 Å². The van der Waals surface area contributed by atoms with Gasteiger partial charge >= 0.3 is 0 Å².